The van der Waals surface area contributed by atoms with E-state index in [1.165, 1.54) is 11.8 Å². The lowest BCUT2D eigenvalue weighted by atomic mass is 10.1. The molecule has 0 unspecified atom stereocenters. The lowest BCUT2D eigenvalue weighted by molar-refractivity contribution is -0.113. The lowest BCUT2D eigenvalue weighted by Crippen LogP contribution is -2.15. The van der Waals surface area contributed by atoms with Crippen LogP contribution in [0.2, 0.25) is 0 Å². The highest BCUT2D eigenvalue weighted by Crippen LogP contribution is 2.34. The fourth-order valence-corrected chi connectivity index (χ4v) is 4.27. The van der Waals surface area contributed by atoms with Crippen LogP contribution in [0.15, 0.2) is 95.9 Å². The molecule has 0 bridgehead atoms. The van der Waals surface area contributed by atoms with Crippen LogP contribution in [0.3, 0.4) is 0 Å². The van der Waals surface area contributed by atoms with Crippen LogP contribution in [-0.4, -0.2) is 29.9 Å². The van der Waals surface area contributed by atoms with Crippen LogP contribution in [0.25, 0.3) is 22.5 Å². The van der Waals surface area contributed by atoms with Crippen LogP contribution < -0.4 is 14.8 Å². The number of rotatable bonds is 6. The first-order chi connectivity index (χ1) is 16.2. The first-order valence-corrected chi connectivity index (χ1v) is 11.7. The summed E-state index contributed by atoms with van der Waals surface area (Å²) in [6.45, 7) is 1.13. The molecule has 5 rings (SSSR count). The number of ether oxygens (including phenoxy) is 2. The van der Waals surface area contributed by atoms with Gasteiger partial charge in [0.05, 0.1) is 17.1 Å². The molecular formula is C27H22N2O3S. The minimum atomic E-state index is -0.0321. The second-order valence-corrected chi connectivity index (χ2v) is 8.54. The zero-order valence-electron chi connectivity index (χ0n) is 17.9. The van der Waals surface area contributed by atoms with Crippen LogP contribution in [0, 0.1) is 0 Å². The van der Waals surface area contributed by atoms with Crippen LogP contribution in [-0.2, 0) is 4.79 Å². The van der Waals surface area contributed by atoms with Crippen molar-refractivity contribution < 1.29 is 14.3 Å². The highest BCUT2D eigenvalue weighted by Gasteiger charge is 2.13. The average molecular weight is 455 g/mol. The molecule has 3 aromatic carbocycles. The number of amides is 1. The van der Waals surface area contributed by atoms with Crippen molar-refractivity contribution in [1.82, 2.24) is 4.98 Å². The lowest BCUT2D eigenvalue weighted by Gasteiger charge is -2.18. The molecule has 1 aliphatic heterocycles. The quantitative estimate of drug-likeness (QED) is 0.367. The van der Waals surface area contributed by atoms with Crippen molar-refractivity contribution in [2.75, 3.05) is 24.3 Å². The van der Waals surface area contributed by atoms with Gasteiger partial charge in [-0.2, -0.15) is 0 Å². The number of pyridine rings is 1. The predicted octanol–water partition coefficient (Wildman–Crippen LogP) is 5.92. The van der Waals surface area contributed by atoms with Crippen molar-refractivity contribution in [3.63, 3.8) is 0 Å². The Kier molecular flexibility index (Phi) is 6.26. The standard InChI is InChI=1S/C27H22N2O3S/c30-27(18-33-22-5-2-1-3-6-22)28-21-12-9-19(10-13-21)23-7-4-8-24(29-23)20-11-14-25-26(17-20)32-16-15-31-25/h1-14,17H,15-16,18H2,(H,28,30). The molecule has 0 atom stereocenters. The summed E-state index contributed by atoms with van der Waals surface area (Å²) >= 11 is 1.52. The highest BCUT2D eigenvalue weighted by molar-refractivity contribution is 8.00. The molecule has 1 aromatic heterocycles. The molecule has 1 amide bonds. The van der Waals surface area contributed by atoms with Crippen molar-refractivity contribution >= 4 is 23.4 Å². The fraction of sp³-hybridized carbons (Fsp3) is 0.111. The second kappa shape index (κ2) is 9.79. The van der Waals surface area contributed by atoms with Gasteiger partial charge in [0.2, 0.25) is 5.91 Å². The number of nitrogens with zero attached hydrogens (tertiary/aromatic N) is 1. The van der Waals surface area contributed by atoms with Gasteiger partial charge in [-0.15, -0.1) is 11.8 Å². The largest absolute Gasteiger partial charge is 0.486 e. The van der Waals surface area contributed by atoms with Crippen molar-refractivity contribution in [1.29, 1.82) is 0 Å². The average Bonchev–Trinajstić information content (AvgIpc) is 2.88. The van der Waals surface area contributed by atoms with Gasteiger partial charge < -0.3 is 14.8 Å². The van der Waals surface area contributed by atoms with Gasteiger partial charge in [-0.3, -0.25) is 4.79 Å². The number of hydrogen-bond donors (Lipinski definition) is 1. The Labute approximate surface area is 196 Å². The van der Waals surface area contributed by atoms with E-state index in [9.17, 15) is 4.79 Å². The van der Waals surface area contributed by atoms with Gasteiger partial charge in [0, 0.05) is 21.7 Å². The molecule has 4 aromatic rings. The Bertz CT molecular complexity index is 1260. The minimum absolute atomic E-state index is 0.0321. The SMILES string of the molecule is O=C(CSc1ccccc1)Nc1ccc(-c2cccc(-c3ccc4c(c3)OCCO4)n2)cc1. The van der Waals surface area contributed by atoms with E-state index in [0.29, 0.717) is 19.0 Å². The summed E-state index contributed by atoms with van der Waals surface area (Å²) < 4.78 is 11.3. The van der Waals surface area contributed by atoms with Gasteiger partial charge in [0.25, 0.3) is 0 Å². The summed E-state index contributed by atoms with van der Waals surface area (Å²) in [5.74, 6) is 1.85. The molecule has 1 N–H and O–H groups in total. The molecule has 0 saturated heterocycles. The summed E-state index contributed by atoms with van der Waals surface area (Å²) in [7, 11) is 0. The minimum Gasteiger partial charge on any atom is -0.486 e. The molecule has 164 valence electrons. The van der Waals surface area contributed by atoms with Gasteiger partial charge in [0.15, 0.2) is 11.5 Å². The van der Waals surface area contributed by atoms with Gasteiger partial charge in [-0.1, -0.05) is 36.4 Å². The summed E-state index contributed by atoms with van der Waals surface area (Å²) in [4.78, 5) is 18.2. The van der Waals surface area contributed by atoms with Crippen molar-refractivity contribution in [2.24, 2.45) is 0 Å². The van der Waals surface area contributed by atoms with Crippen LogP contribution in [0.1, 0.15) is 0 Å². The number of carbonyl (C=O) groups excluding carboxylic acids is 1. The Morgan fingerprint density at radius 3 is 2.27 bits per heavy atom. The number of aromatic nitrogens is 1. The van der Waals surface area contributed by atoms with E-state index in [4.69, 9.17) is 14.5 Å². The third-order valence-electron chi connectivity index (χ3n) is 5.16. The highest BCUT2D eigenvalue weighted by atomic mass is 32.2. The monoisotopic (exact) mass is 454 g/mol. The first-order valence-electron chi connectivity index (χ1n) is 10.7. The predicted molar refractivity (Wildman–Crippen MR) is 132 cm³/mol. The molecule has 1 aliphatic rings. The molecule has 5 nitrogen and oxygen atoms in total. The van der Waals surface area contributed by atoms with E-state index < -0.39 is 0 Å². The van der Waals surface area contributed by atoms with Gasteiger partial charge in [-0.25, -0.2) is 4.98 Å². The van der Waals surface area contributed by atoms with E-state index in [-0.39, 0.29) is 5.91 Å². The molecule has 0 saturated carbocycles. The van der Waals surface area contributed by atoms with Crippen LogP contribution in [0.5, 0.6) is 11.5 Å². The number of nitrogens with one attached hydrogen (secondary N) is 1. The van der Waals surface area contributed by atoms with Gasteiger partial charge in [-0.05, 0) is 54.6 Å². The summed E-state index contributed by atoms with van der Waals surface area (Å²) in [6.07, 6.45) is 0. The number of hydrogen-bond acceptors (Lipinski definition) is 5. The molecule has 33 heavy (non-hydrogen) atoms. The van der Waals surface area contributed by atoms with Gasteiger partial charge in [0.1, 0.15) is 13.2 Å². The molecular weight excluding hydrogens is 432 g/mol. The maximum atomic E-state index is 12.3. The summed E-state index contributed by atoms with van der Waals surface area (Å²) in [6, 6.07) is 29.5. The van der Waals surface area contributed by atoms with E-state index >= 15 is 0 Å². The Morgan fingerprint density at radius 1 is 0.788 bits per heavy atom. The Morgan fingerprint density at radius 2 is 1.48 bits per heavy atom. The fourth-order valence-electron chi connectivity index (χ4n) is 3.55. The van der Waals surface area contributed by atoms with Gasteiger partial charge >= 0.3 is 0 Å². The van der Waals surface area contributed by atoms with E-state index in [2.05, 4.69) is 5.32 Å². The summed E-state index contributed by atoms with van der Waals surface area (Å²) in [5.41, 5.74) is 4.44. The Balaban J connectivity index is 1.26. The smallest absolute Gasteiger partial charge is 0.234 e. The van der Waals surface area contributed by atoms with E-state index in [1.54, 1.807) is 0 Å². The third kappa shape index (κ3) is 5.18. The van der Waals surface area contributed by atoms with Crippen molar-refractivity contribution in [3.8, 4) is 34.0 Å². The Hall–Kier alpha value is -3.77. The first kappa shape index (κ1) is 21.1. The van der Waals surface area contributed by atoms with E-state index in [1.807, 2.05) is 91.0 Å². The molecule has 0 radical (unpaired) electrons. The second-order valence-electron chi connectivity index (χ2n) is 7.49. The van der Waals surface area contributed by atoms with Crippen LogP contribution in [0.4, 0.5) is 5.69 Å². The third-order valence-corrected chi connectivity index (χ3v) is 6.18. The number of thioether (sulfide) groups is 1. The zero-order valence-corrected chi connectivity index (χ0v) is 18.7. The summed E-state index contributed by atoms with van der Waals surface area (Å²) in [5, 5.41) is 2.95. The normalized spacial score (nSPS) is 12.2. The number of benzene rings is 3. The maximum absolute atomic E-state index is 12.3. The zero-order chi connectivity index (χ0) is 22.5. The van der Waals surface area contributed by atoms with Crippen molar-refractivity contribution in [3.05, 3.63) is 91.0 Å². The molecule has 6 heteroatoms. The number of anilines is 1. The number of fused-ring (bicyclic) bond motifs is 1. The van der Waals surface area contributed by atoms with E-state index in [0.717, 1.165) is 44.6 Å². The molecule has 0 fully saturated rings. The molecule has 0 aliphatic carbocycles. The van der Waals surface area contributed by atoms with Crippen molar-refractivity contribution in [2.45, 2.75) is 4.90 Å². The number of carbonyl (C=O) groups is 1. The molecule has 0 spiro atoms. The topological polar surface area (TPSA) is 60.5 Å². The van der Waals surface area contributed by atoms with Crippen LogP contribution >= 0.6 is 11.8 Å². The maximum Gasteiger partial charge on any atom is 0.234 e. The molecule has 2 heterocycles.